The van der Waals surface area contributed by atoms with Crippen molar-refractivity contribution in [3.8, 4) is 6.07 Å². The molecular formula is C12H14N2O2. The van der Waals surface area contributed by atoms with Gasteiger partial charge in [-0.3, -0.25) is 0 Å². The van der Waals surface area contributed by atoms with Crippen molar-refractivity contribution >= 4 is 5.97 Å². The number of hydrogen-bond donors (Lipinski definition) is 0. The lowest BCUT2D eigenvalue weighted by Crippen LogP contribution is -2.31. The van der Waals surface area contributed by atoms with Crippen LogP contribution in [0.15, 0.2) is 12.3 Å². The van der Waals surface area contributed by atoms with E-state index in [2.05, 4.69) is 10.8 Å². The molecule has 16 heavy (non-hydrogen) atoms. The molecule has 4 nitrogen and oxygen atoms in total. The average molecular weight is 218 g/mol. The Balaban J connectivity index is 2.38. The van der Waals surface area contributed by atoms with E-state index in [0.29, 0.717) is 5.69 Å². The van der Waals surface area contributed by atoms with Crippen LogP contribution in [0.25, 0.3) is 0 Å². The van der Waals surface area contributed by atoms with Gasteiger partial charge in [-0.15, -0.1) is 0 Å². The van der Waals surface area contributed by atoms with Crippen LogP contribution in [0.4, 0.5) is 0 Å². The topological polar surface area (TPSA) is 55.0 Å². The summed E-state index contributed by atoms with van der Waals surface area (Å²) < 4.78 is 6.41. The minimum Gasteiger partial charge on any atom is -0.464 e. The van der Waals surface area contributed by atoms with Crippen molar-refractivity contribution in [2.24, 2.45) is 7.05 Å². The number of ether oxygens (including phenoxy) is 1. The van der Waals surface area contributed by atoms with Gasteiger partial charge in [0, 0.05) is 13.2 Å². The summed E-state index contributed by atoms with van der Waals surface area (Å²) >= 11 is 0. The van der Waals surface area contributed by atoms with Gasteiger partial charge in [-0.05, 0) is 30.9 Å². The first-order valence-corrected chi connectivity index (χ1v) is 5.29. The number of carbonyl (C=O) groups excluding carboxylic acids is 1. The maximum atomic E-state index is 11.4. The molecule has 0 aromatic carbocycles. The summed E-state index contributed by atoms with van der Waals surface area (Å²) in [5.74, 6) is -0.360. The summed E-state index contributed by atoms with van der Waals surface area (Å²) in [5.41, 5.74) is 1.06. The van der Waals surface area contributed by atoms with Gasteiger partial charge in [0.05, 0.1) is 18.6 Å². The van der Waals surface area contributed by atoms with Crippen LogP contribution < -0.4 is 0 Å². The Labute approximate surface area is 94.4 Å². The van der Waals surface area contributed by atoms with E-state index in [9.17, 15) is 10.1 Å². The first kappa shape index (κ1) is 10.7. The first-order chi connectivity index (χ1) is 7.63. The molecule has 0 radical (unpaired) electrons. The van der Waals surface area contributed by atoms with Crippen molar-refractivity contribution < 1.29 is 9.53 Å². The van der Waals surface area contributed by atoms with Crippen LogP contribution in [-0.2, 0) is 17.2 Å². The highest BCUT2D eigenvalue weighted by molar-refractivity contribution is 5.88. The molecule has 0 unspecified atom stereocenters. The zero-order valence-corrected chi connectivity index (χ0v) is 9.49. The molecule has 0 bridgehead atoms. The van der Waals surface area contributed by atoms with Gasteiger partial charge in [0.2, 0.25) is 0 Å². The fraction of sp³-hybridized carbons (Fsp3) is 0.500. The number of methoxy groups -OCH3 is 1. The van der Waals surface area contributed by atoms with Crippen LogP contribution >= 0.6 is 0 Å². The molecule has 84 valence electrons. The average Bonchev–Trinajstić information content (AvgIpc) is 2.59. The van der Waals surface area contributed by atoms with Gasteiger partial charge in [-0.2, -0.15) is 5.26 Å². The monoisotopic (exact) mass is 218 g/mol. The van der Waals surface area contributed by atoms with E-state index < -0.39 is 0 Å². The quantitative estimate of drug-likeness (QED) is 0.711. The molecule has 1 aliphatic rings. The number of esters is 1. The Hall–Kier alpha value is -1.76. The van der Waals surface area contributed by atoms with Gasteiger partial charge in [-0.25, -0.2) is 4.79 Å². The lowest BCUT2D eigenvalue weighted by atomic mass is 9.66. The Kier molecular flexibility index (Phi) is 2.47. The third kappa shape index (κ3) is 1.40. The lowest BCUT2D eigenvalue weighted by Gasteiger charge is -2.34. The molecule has 0 spiro atoms. The fourth-order valence-electron chi connectivity index (χ4n) is 2.13. The van der Waals surface area contributed by atoms with E-state index in [-0.39, 0.29) is 11.4 Å². The maximum absolute atomic E-state index is 11.4. The summed E-state index contributed by atoms with van der Waals surface area (Å²) in [4.78, 5) is 11.4. The van der Waals surface area contributed by atoms with Crippen molar-refractivity contribution in [2.45, 2.75) is 24.7 Å². The molecule has 0 amide bonds. The summed E-state index contributed by atoms with van der Waals surface area (Å²) in [6.07, 6.45) is 4.70. The molecule has 0 aliphatic heterocycles. The van der Waals surface area contributed by atoms with Gasteiger partial charge in [0.1, 0.15) is 5.69 Å². The summed E-state index contributed by atoms with van der Waals surface area (Å²) in [5, 5.41) is 9.21. The summed E-state index contributed by atoms with van der Waals surface area (Å²) in [7, 11) is 3.15. The fourth-order valence-corrected chi connectivity index (χ4v) is 2.13. The number of hydrogen-bond acceptors (Lipinski definition) is 3. The second-order valence-electron chi connectivity index (χ2n) is 4.26. The highest BCUT2D eigenvalue weighted by Gasteiger charge is 2.40. The molecule has 4 heteroatoms. The zero-order chi connectivity index (χ0) is 11.8. The van der Waals surface area contributed by atoms with E-state index in [1.165, 1.54) is 7.11 Å². The molecule has 0 atom stereocenters. The highest BCUT2D eigenvalue weighted by atomic mass is 16.5. The van der Waals surface area contributed by atoms with Crippen molar-refractivity contribution in [3.63, 3.8) is 0 Å². The van der Waals surface area contributed by atoms with Crippen LogP contribution in [0, 0.1) is 11.3 Å². The minimum absolute atomic E-state index is 0.360. The Bertz CT molecular complexity index is 464. The van der Waals surface area contributed by atoms with E-state index >= 15 is 0 Å². The summed E-state index contributed by atoms with van der Waals surface area (Å²) in [6, 6.07) is 4.14. The molecule has 1 heterocycles. The van der Waals surface area contributed by atoms with Crippen LogP contribution in [0.3, 0.4) is 0 Å². The largest absolute Gasteiger partial charge is 0.464 e. The third-order valence-corrected chi connectivity index (χ3v) is 3.37. The van der Waals surface area contributed by atoms with Gasteiger partial charge in [0.25, 0.3) is 0 Å². The van der Waals surface area contributed by atoms with Crippen LogP contribution in [0.1, 0.15) is 35.3 Å². The number of carbonyl (C=O) groups is 1. The predicted octanol–water partition coefficient (Wildman–Crippen LogP) is 1.76. The van der Waals surface area contributed by atoms with E-state index in [1.807, 2.05) is 6.20 Å². The molecule has 1 saturated carbocycles. The zero-order valence-electron chi connectivity index (χ0n) is 9.49. The molecule has 1 fully saturated rings. The third-order valence-electron chi connectivity index (χ3n) is 3.37. The second-order valence-corrected chi connectivity index (χ2v) is 4.26. The molecule has 2 rings (SSSR count). The predicted molar refractivity (Wildman–Crippen MR) is 57.9 cm³/mol. The minimum atomic E-state index is -0.371. The SMILES string of the molecule is COC(=O)c1cc(C2(C#N)CCC2)cn1C. The number of nitrogens with zero attached hydrogens (tertiary/aromatic N) is 2. The first-order valence-electron chi connectivity index (χ1n) is 5.29. The van der Waals surface area contributed by atoms with Crippen LogP contribution in [0.5, 0.6) is 0 Å². The molecule has 0 saturated heterocycles. The standard InChI is InChI=1S/C12H14N2O2/c1-14-7-9(6-10(14)11(15)16-2)12(8-13)4-3-5-12/h6-7H,3-5H2,1-2H3. The smallest absolute Gasteiger partial charge is 0.354 e. The Morgan fingerprint density at radius 2 is 2.31 bits per heavy atom. The van der Waals surface area contributed by atoms with E-state index in [4.69, 9.17) is 0 Å². The van der Waals surface area contributed by atoms with E-state index in [1.54, 1.807) is 17.7 Å². The van der Waals surface area contributed by atoms with Crippen molar-refractivity contribution in [1.29, 1.82) is 5.26 Å². The Morgan fingerprint density at radius 3 is 2.75 bits per heavy atom. The van der Waals surface area contributed by atoms with Gasteiger partial charge in [0.15, 0.2) is 0 Å². The molecule has 0 N–H and O–H groups in total. The second kappa shape index (κ2) is 3.67. The van der Waals surface area contributed by atoms with Crippen molar-refractivity contribution in [3.05, 3.63) is 23.5 Å². The van der Waals surface area contributed by atoms with Gasteiger partial charge >= 0.3 is 5.97 Å². The van der Waals surface area contributed by atoms with Gasteiger partial charge in [-0.1, -0.05) is 0 Å². The van der Waals surface area contributed by atoms with Gasteiger partial charge < -0.3 is 9.30 Å². The molecular weight excluding hydrogens is 204 g/mol. The number of aryl methyl sites for hydroxylation is 1. The number of rotatable bonds is 2. The maximum Gasteiger partial charge on any atom is 0.354 e. The van der Waals surface area contributed by atoms with E-state index in [0.717, 1.165) is 24.8 Å². The highest BCUT2D eigenvalue weighted by Crippen LogP contribution is 2.43. The van der Waals surface area contributed by atoms with Crippen molar-refractivity contribution in [1.82, 2.24) is 4.57 Å². The number of nitriles is 1. The van der Waals surface area contributed by atoms with Crippen LogP contribution in [0.2, 0.25) is 0 Å². The van der Waals surface area contributed by atoms with Crippen LogP contribution in [-0.4, -0.2) is 17.6 Å². The summed E-state index contributed by atoms with van der Waals surface area (Å²) in [6.45, 7) is 0. The molecule has 1 aromatic rings. The van der Waals surface area contributed by atoms with Crippen molar-refractivity contribution in [2.75, 3.05) is 7.11 Å². The number of aromatic nitrogens is 1. The Morgan fingerprint density at radius 1 is 1.62 bits per heavy atom. The molecule has 1 aliphatic carbocycles. The molecule has 1 aromatic heterocycles. The lowest BCUT2D eigenvalue weighted by molar-refractivity contribution is 0.0590. The normalized spacial score (nSPS) is 17.3.